The molecule has 9 heteroatoms. The van der Waals surface area contributed by atoms with Gasteiger partial charge in [-0.2, -0.15) is 0 Å². The number of nitrogens with zero attached hydrogens (tertiary/aromatic N) is 5. The van der Waals surface area contributed by atoms with Crippen molar-refractivity contribution in [1.82, 2.24) is 0 Å². The van der Waals surface area contributed by atoms with Crippen molar-refractivity contribution in [2.45, 2.75) is 6.10 Å². The molecule has 0 aromatic heterocycles. The molecule has 1 aromatic carbocycles. The fourth-order valence-electron chi connectivity index (χ4n) is 4.16. The minimum atomic E-state index is -0.555. The van der Waals surface area contributed by atoms with Crippen LogP contribution in [0, 0.1) is 23.6 Å². The van der Waals surface area contributed by atoms with E-state index >= 15 is 0 Å². The highest BCUT2D eigenvalue weighted by Gasteiger charge is 2.55. The lowest BCUT2D eigenvalue weighted by Crippen LogP contribution is -2.27. The first-order valence-corrected chi connectivity index (χ1v) is 8.64. The number of carbonyl (C=O) groups is 1. The molecule has 3 fully saturated rings. The zero-order valence-corrected chi connectivity index (χ0v) is 14.4. The molecule has 2 heterocycles. The summed E-state index contributed by atoms with van der Waals surface area (Å²) in [6, 6.07) is 4.81. The maximum Gasteiger partial charge on any atom is 0.414 e. The Bertz CT molecular complexity index is 757. The molecule has 1 unspecified atom stereocenters. The first-order valence-electron chi connectivity index (χ1n) is 8.64. The number of azide groups is 1. The van der Waals surface area contributed by atoms with Crippen LogP contribution < -0.4 is 9.80 Å². The SMILES string of the molecule is COCC1[C@H]2CN(c3ccc(N4C[C@H](CN=[N+]=[N-])OC4=O)cc3F)C[C@@H]12. The van der Waals surface area contributed by atoms with Gasteiger partial charge in [-0.25, -0.2) is 9.18 Å². The van der Waals surface area contributed by atoms with Crippen LogP contribution >= 0.6 is 0 Å². The van der Waals surface area contributed by atoms with E-state index in [2.05, 4.69) is 14.9 Å². The van der Waals surface area contributed by atoms with Crippen molar-refractivity contribution < 1.29 is 18.7 Å². The zero-order valence-electron chi connectivity index (χ0n) is 14.4. The number of amides is 1. The van der Waals surface area contributed by atoms with Crippen LogP contribution in [-0.2, 0) is 9.47 Å². The van der Waals surface area contributed by atoms with Crippen LogP contribution in [0.25, 0.3) is 10.4 Å². The molecule has 2 aliphatic heterocycles. The van der Waals surface area contributed by atoms with Crippen LogP contribution in [0.1, 0.15) is 0 Å². The second-order valence-corrected chi connectivity index (χ2v) is 7.02. The first kappa shape index (κ1) is 16.9. The Morgan fingerprint density at radius 2 is 2.15 bits per heavy atom. The van der Waals surface area contributed by atoms with Crippen LogP contribution in [-0.4, -0.2) is 52.1 Å². The van der Waals surface area contributed by atoms with Crippen molar-refractivity contribution in [1.29, 1.82) is 0 Å². The second kappa shape index (κ2) is 6.66. The third kappa shape index (κ3) is 2.93. The Morgan fingerprint density at radius 1 is 1.38 bits per heavy atom. The molecule has 8 nitrogen and oxygen atoms in total. The smallest absolute Gasteiger partial charge is 0.414 e. The molecular weight excluding hydrogens is 341 g/mol. The normalized spacial score (nSPS) is 29.4. The molecule has 1 aromatic rings. The highest BCUT2D eigenvalue weighted by molar-refractivity contribution is 5.90. The maximum atomic E-state index is 14.7. The molecular formula is C17H20FN5O3. The predicted octanol–water partition coefficient (Wildman–Crippen LogP) is 2.79. The topological polar surface area (TPSA) is 90.8 Å². The fraction of sp³-hybridized carbons (Fsp3) is 0.588. The van der Waals surface area contributed by atoms with Gasteiger partial charge in [-0.05, 0) is 41.5 Å². The summed E-state index contributed by atoms with van der Waals surface area (Å²) in [6.07, 6.45) is -1.07. The van der Waals surface area contributed by atoms with Crippen LogP contribution in [0.15, 0.2) is 23.3 Å². The second-order valence-electron chi connectivity index (χ2n) is 7.02. The van der Waals surface area contributed by atoms with E-state index in [4.69, 9.17) is 15.0 Å². The van der Waals surface area contributed by atoms with E-state index in [1.807, 2.05) is 0 Å². The lowest BCUT2D eigenvalue weighted by molar-refractivity contribution is 0.145. The van der Waals surface area contributed by atoms with Gasteiger partial charge in [0, 0.05) is 31.7 Å². The molecule has 0 bridgehead atoms. The Labute approximate surface area is 150 Å². The van der Waals surface area contributed by atoms with E-state index in [1.165, 1.54) is 11.0 Å². The first-order chi connectivity index (χ1) is 12.6. The number of methoxy groups -OCH3 is 1. The van der Waals surface area contributed by atoms with E-state index < -0.39 is 12.2 Å². The number of hydrogen-bond acceptors (Lipinski definition) is 5. The summed E-state index contributed by atoms with van der Waals surface area (Å²) in [7, 11) is 1.71. The molecule has 26 heavy (non-hydrogen) atoms. The maximum absolute atomic E-state index is 14.7. The van der Waals surface area contributed by atoms with Crippen molar-refractivity contribution in [3.05, 3.63) is 34.5 Å². The molecule has 1 aliphatic carbocycles. The van der Waals surface area contributed by atoms with Gasteiger partial charge in [0.2, 0.25) is 0 Å². The van der Waals surface area contributed by atoms with Crippen LogP contribution in [0.3, 0.4) is 0 Å². The summed E-state index contributed by atoms with van der Waals surface area (Å²) in [5, 5.41) is 3.42. The van der Waals surface area contributed by atoms with Crippen molar-refractivity contribution in [2.75, 3.05) is 49.7 Å². The number of rotatable bonds is 6. The van der Waals surface area contributed by atoms with E-state index in [-0.39, 0.29) is 18.9 Å². The summed E-state index contributed by atoms with van der Waals surface area (Å²) < 4.78 is 25.0. The van der Waals surface area contributed by atoms with Crippen LogP contribution in [0.2, 0.25) is 0 Å². The summed E-state index contributed by atoms with van der Waals surface area (Å²) in [6.45, 7) is 2.77. The van der Waals surface area contributed by atoms with E-state index in [0.29, 0.717) is 29.1 Å². The lowest BCUT2D eigenvalue weighted by atomic mass is 10.2. The molecule has 3 aliphatic rings. The molecule has 1 amide bonds. The molecule has 0 spiro atoms. The zero-order chi connectivity index (χ0) is 18.3. The van der Waals surface area contributed by atoms with Crippen LogP contribution in [0.4, 0.5) is 20.6 Å². The molecule has 0 radical (unpaired) electrons. The molecule has 0 N–H and O–H groups in total. The molecule has 138 valence electrons. The van der Waals surface area contributed by atoms with E-state index in [0.717, 1.165) is 19.7 Å². The standard InChI is InChI=1S/C17H20FN5O3/c1-25-9-14-12-7-22(8-13(12)14)16-3-2-10(4-15(16)18)23-6-11(5-20-21-19)26-17(23)24/h2-4,11-14H,5-9H2,1H3/t11-,12-,13+,14?/m0/s1. The van der Waals surface area contributed by atoms with Crippen LogP contribution in [0.5, 0.6) is 0 Å². The van der Waals surface area contributed by atoms with Crippen molar-refractivity contribution in [3.8, 4) is 0 Å². The van der Waals surface area contributed by atoms with Crippen molar-refractivity contribution >= 4 is 17.5 Å². The van der Waals surface area contributed by atoms with E-state index in [1.54, 1.807) is 19.2 Å². The summed E-state index contributed by atoms with van der Waals surface area (Å²) in [4.78, 5) is 18.1. The summed E-state index contributed by atoms with van der Waals surface area (Å²) >= 11 is 0. The third-order valence-corrected chi connectivity index (χ3v) is 5.54. The monoisotopic (exact) mass is 361 g/mol. The van der Waals surface area contributed by atoms with Crippen molar-refractivity contribution in [2.24, 2.45) is 22.9 Å². The number of hydrogen-bond donors (Lipinski definition) is 0. The molecule has 2 saturated heterocycles. The number of cyclic esters (lactones) is 1. The van der Waals surface area contributed by atoms with Gasteiger partial charge >= 0.3 is 6.09 Å². The number of halogens is 1. The minimum Gasteiger partial charge on any atom is -0.444 e. The van der Waals surface area contributed by atoms with Gasteiger partial charge in [0.15, 0.2) is 0 Å². The fourth-order valence-corrected chi connectivity index (χ4v) is 4.16. The highest BCUT2D eigenvalue weighted by Crippen LogP contribution is 2.52. The Hall–Kier alpha value is -2.51. The third-order valence-electron chi connectivity index (χ3n) is 5.54. The summed E-state index contributed by atoms with van der Waals surface area (Å²) in [5.41, 5.74) is 9.37. The lowest BCUT2D eigenvalue weighted by Gasteiger charge is -2.23. The largest absolute Gasteiger partial charge is 0.444 e. The van der Waals surface area contributed by atoms with Gasteiger partial charge in [0.1, 0.15) is 11.9 Å². The number of fused-ring (bicyclic) bond motifs is 1. The Balaban J connectivity index is 1.43. The Morgan fingerprint density at radius 3 is 2.81 bits per heavy atom. The number of benzene rings is 1. The molecule has 4 atom stereocenters. The number of anilines is 2. The van der Waals surface area contributed by atoms with Gasteiger partial charge in [-0.1, -0.05) is 5.11 Å². The minimum absolute atomic E-state index is 0.0680. The quantitative estimate of drug-likeness (QED) is 0.442. The Kier molecular flexibility index (Phi) is 4.34. The van der Waals surface area contributed by atoms with Gasteiger partial charge in [-0.15, -0.1) is 0 Å². The van der Waals surface area contributed by atoms with Crippen molar-refractivity contribution in [3.63, 3.8) is 0 Å². The average molecular weight is 361 g/mol. The predicted molar refractivity (Wildman–Crippen MR) is 92.6 cm³/mol. The highest BCUT2D eigenvalue weighted by atomic mass is 19.1. The number of carbonyl (C=O) groups excluding carboxylic acids is 1. The van der Waals surface area contributed by atoms with Gasteiger partial charge < -0.3 is 14.4 Å². The van der Waals surface area contributed by atoms with Gasteiger partial charge in [-0.3, -0.25) is 4.90 Å². The van der Waals surface area contributed by atoms with E-state index in [9.17, 15) is 9.18 Å². The van der Waals surface area contributed by atoms with Gasteiger partial charge in [0.05, 0.1) is 24.5 Å². The van der Waals surface area contributed by atoms with Gasteiger partial charge in [0.25, 0.3) is 0 Å². The number of ether oxygens (including phenoxy) is 2. The number of piperidine rings is 1. The molecule has 4 rings (SSSR count). The summed E-state index contributed by atoms with van der Waals surface area (Å²) in [5.74, 6) is 1.43. The average Bonchev–Trinajstić information content (AvgIpc) is 2.98. The molecule has 1 saturated carbocycles.